The van der Waals surface area contributed by atoms with Crippen molar-refractivity contribution in [3.8, 4) is 11.5 Å². The molecule has 2 aliphatic heterocycles. The number of amides is 1. The zero-order valence-corrected chi connectivity index (χ0v) is 13.8. The molecule has 1 unspecified atom stereocenters. The molecule has 0 fully saturated rings. The molecule has 2 N–H and O–H groups in total. The van der Waals surface area contributed by atoms with Crippen molar-refractivity contribution in [1.82, 2.24) is 15.1 Å². The van der Waals surface area contributed by atoms with Crippen LogP contribution in [0.15, 0.2) is 54.7 Å². The third-order valence-corrected chi connectivity index (χ3v) is 4.63. The Morgan fingerprint density at radius 2 is 2.00 bits per heavy atom. The summed E-state index contributed by atoms with van der Waals surface area (Å²) in [6.07, 6.45) is 1.35. The normalized spacial score (nSPS) is 17.8. The van der Waals surface area contributed by atoms with Gasteiger partial charge in [0.2, 0.25) is 6.79 Å². The van der Waals surface area contributed by atoms with Gasteiger partial charge in [0.05, 0.1) is 11.3 Å². The van der Waals surface area contributed by atoms with Crippen LogP contribution in [0.4, 0.5) is 5.69 Å². The number of aromatic nitrogens is 2. The Bertz CT molecular complexity index is 971. The van der Waals surface area contributed by atoms with Crippen LogP contribution in [-0.4, -0.2) is 27.8 Å². The minimum atomic E-state index is -0.328. The molecule has 2 aliphatic rings. The second kappa shape index (κ2) is 5.80. The van der Waals surface area contributed by atoms with Crippen LogP contribution in [0.25, 0.3) is 0 Å². The lowest BCUT2D eigenvalue weighted by molar-refractivity contribution is 0.0662. The first-order valence-corrected chi connectivity index (χ1v) is 8.34. The number of rotatable bonds is 3. The molecule has 0 radical (unpaired) electrons. The lowest BCUT2D eigenvalue weighted by Gasteiger charge is -2.37. The van der Waals surface area contributed by atoms with Gasteiger partial charge in [0, 0.05) is 18.4 Å². The van der Waals surface area contributed by atoms with Gasteiger partial charge in [0.25, 0.3) is 5.91 Å². The molecule has 0 aliphatic carbocycles. The average molecular weight is 348 g/mol. The molecule has 0 spiro atoms. The van der Waals surface area contributed by atoms with Gasteiger partial charge >= 0.3 is 0 Å². The molecule has 1 atom stereocenters. The summed E-state index contributed by atoms with van der Waals surface area (Å²) in [5.41, 5.74) is 3.27. The largest absolute Gasteiger partial charge is 0.454 e. The van der Waals surface area contributed by atoms with Crippen molar-refractivity contribution in [3.05, 3.63) is 71.5 Å². The molecule has 0 saturated carbocycles. The maximum absolute atomic E-state index is 13.2. The van der Waals surface area contributed by atoms with Crippen molar-refractivity contribution in [1.29, 1.82) is 0 Å². The summed E-state index contributed by atoms with van der Waals surface area (Å²) in [6, 6.07) is 15.1. The van der Waals surface area contributed by atoms with E-state index < -0.39 is 0 Å². The van der Waals surface area contributed by atoms with E-state index in [4.69, 9.17) is 9.47 Å². The quantitative estimate of drug-likeness (QED) is 0.761. The summed E-state index contributed by atoms with van der Waals surface area (Å²) in [5.74, 6) is 1.40. The van der Waals surface area contributed by atoms with Crippen molar-refractivity contribution >= 4 is 11.6 Å². The Kier molecular flexibility index (Phi) is 3.31. The molecule has 26 heavy (non-hydrogen) atoms. The number of para-hydroxylation sites is 1. The van der Waals surface area contributed by atoms with Crippen LogP contribution in [-0.2, 0) is 6.54 Å². The highest BCUT2D eigenvalue weighted by atomic mass is 16.7. The number of carbonyl (C=O) groups is 1. The number of H-pyrrole nitrogens is 1. The summed E-state index contributed by atoms with van der Waals surface area (Å²) < 4.78 is 10.8. The summed E-state index contributed by atoms with van der Waals surface area (Å²) in [7, 11) is 0. The monoisotopic (exact) mass is 348 g/mol. The highest BCUT2D eigenvalue weighted by molar-refractivity contribution is 6.01. The first-order chi connectivity index (χ1) is 12.8. The fourth-order valence-corrected chi connectivity index (χ4v) is 3.36. The van der Waals surface area contributed by atoms with Crippen LogP contribution in [0.1, 0.15) is 27.8 Å². The highest BCUT2D eigenvalue weighted by Crippen LogP contribution is 2.36. The van der Waals surface area contributed by atoms with Crippen molar-refractivity contribution in [2.75, 3.05) is 12.1 Å². The minimum Gasteiger partial charge on any atom is -0.454 e. The molecule has 2 aromatic carbocycles. The Morgan fingerprint density at radius 1 is 1.12 bits per heavy atom. The Labute approximate surface area is 149 Å². The van der Waals surface area contributed by atoms with Crippen molar-refractivity contribution < 1.29 is 14.3 Å². The number of fused-ring (bicyclic) bond motifs is 2. The summed E-state index contributed by atoms with van der Waals surface area (Å²) in [5, 5.41) is 10.4. The maximum Gasteiger partial charge on any atom is 0.258 e. The van der Waals surface area contributed by atoms with Gasteiger partial charge in [0.1, 0.15) is 6.17 Å². The molecular formula is C19H16N4O3. The smallest absolute Gasteiger partial charge is 0.258 e. The molecule has 7 nitrogen and oxygen atoms in total. The zero-order chi connectivity index (χ0) is 17.5. The molecule has 5 rings (SSSR count). The molecule has 3 aromatic rings. The number of hydrogen-bond acceptors (Lipinski definition) is 5. The van der Waals surface area contributed by atoms with E-state index >= 15 is 0 Å². The van der Waals surface area contributed by atoms with Crippen LogP contribution in [0.2, 0.25) is 0 Å². The average Bonchev–Trinajstić information content (AvgIpc) is 3.35. The molecule has 0 saturated heterocycles. The highest BCUT2D eigenvalue weighted by Gasteiger charge is 2.33. The van der Waals surface area contributed by atoms with Crippen LogP contribution >= 0.6 is 0 Å². The van der Waals surface area contributed by atoms with Gasteiger partial charge in [-0.25, -0.2) is 0 Å². The molecule has 1 amide bonds. The summed E-state index contributed by atoms with van der Waals surface area (Å²) >= 11 is 0. The predicted octanol–water partition coefficient (Wildman–Crippen LogP) is 2.91. The summed E-state index contributed by atoms with van der Waals surface area (Å²) in [6.45, 7) is 0.660. The van der Waals surface area contributed by atoms with Gasteiger partial charge in [-0.1, -0.05) is 18.2 Å². The van der Waals surface area contributed by atoms with Crippen LogP contribution < -0.4 is 14.8 Å². The second-order valence-electron chi connectivity index (χ2n) is 6.23. The molecule has 3 heterocycles. The fourth-order valence-electron chi connectivity index (χ4n) is 3.36. The van der Waals surface area contributed by atoms with Gasteiger partial charge in [-0.15, -0.1) is 0 Å². The first kappa shape index (κ1) is 14.8. The van der Waals surface area contributed by atoms with E-state index in [1.54, 1.807) is 11.1 Å². The van der Waals surface area contributed by atoms with Gasteiger partial charge in [-0.3, -0.25) is 9.89 Å². The van der Waals surface area contributed by atoms with Crippen molar-refractivity contribution in [2.24, 2.45) is 0 Å². The van der Waals surface area contributed by atoms with Crippen LogP contribution in [0.3, 0.4) is 0 Å². The topological polar surface area (TPSA) is 79.5 Å². The minimum absolute atomic E-state index is 0.0309. The third kappa shape index (κ3) is 2.36. The lowest BCUT2D eigenvalue weighted by atomic mass is 10.0. The van der Waals surface area contributed by atoms with E-state index in [-0.39, 0.29) is 18.9 Å². The van der Waals surface area contributed by atoms with E-state index in [2.05, 4.69) is 15.5 Å². The molecule has 0 bridgehead atoms. The Balaban J connectivity index is 1.53. The number of aromatic amines is 1. The van der Waals surface area contributed by atoms with Crippen LogP contribution in [0.5, 0.6) is 11.5 Å². The maximum atomic E-state index is 13.2. The first-order valence-electron chi connectivity index (χ1n) is 8.34. The Morgan fingerprint density at radius 3 is 2.88 bits per heavy atom. The molecular weight excluding hydrogens is 332 g/mol. The van der Waals surface area contributed by atoms with Gasteiger partial charge < -0.3 is 19.7 Å². The van der Waals surface area contributed by atoms with Gasteiger partial charge in [-0.2, -0.15) is 5.10 Å². The molecule has 1 aromatic heterocycles. The van der Waals surface area contributed by atoms with Gasteiger partial charge in [-0.05, 0) is 35.9 Å². The fraction of sp³-hybridized carbons (Fsp3) is 0.158. The Hall–Kier alpha value is -3.48. The number of nitrogens with zero attached hydrogens (tertiary/aromatic N) is 2. The van der Waals surface area contributed by atoms with E-state index in [9.17, 15) is 4.79 Å². The van der Waals surface area contributed by atoms with Crippen molar-refractivity contribution in [2.45, 2.75) is 12.7 Å². The number of ether oxygens (including phenoxy) is 2. The SMILES string of the molecule is O=C1c2ccccc2NC(c2ccn[nH]2)N1Cc1ccc2c(c1)OCO2. The van der Waals surface area contributed by atoms with E-state index in [1.807, 2.05) is 48.5 Å². The third-order valence-electron chi connectivity index (χ3n) is 4.63. The van der Waals surface area contributed by atoms with E-state index in [0.29, 0.717) is 17.9 Å². The molecule has 130 valence electrons. The number of benzene rings is 2. The number of anilines is 1. The number of carbonyl (C=O) groups excluding carboxylic acids is 1. The summed E-state index contributed by atoms with van der Waals surface area (Å²) in [4.78, 5) is 14.9. The van der Waals surface area contributed by atoms with E-state index in [0.717, 1.165) is 22.7 Å². The number of nitrogens with one attached hydrogen (secondary N) is 2. The number of hydrogen-bond donors (Lipinski definition) is 2. The second-order valence-corrected chi connectivity index (χ2v) is 6.23. The van der Waals surface area contributed by atoms with Gasteiger partial charge in [0.15, 0.2) is 11.5 Å². The van der Waals surface area contributed by atoms with Crippen LogP contribution in [0, 0.1) is 0 Å². The van der Waals surface area contributed by atoms with E-state index in [1.165, 1.54) is 0 Å². The van der Waals surface area contributed by atoms with Crippen molar-refractivity contribution in [3.63, 3.8) is 0 Å². The molecule has 7 heteroatoms. The zero-order valence-electron chi connectivity index (χ0n) is 13.8. The standard InChI is InChI=1S/C19H16N4O3/c24-19-13-3-1-2-4-14(13)21-18(15-7-8-20-22-15)23(19)10-12-5-6-16-17(9-12)26-11-25-16/h1-9,18,21H,10-11H2,(H,20,22). The predicted molar refractivity (Wildman–Crippen MR) is 93.8 cm³/mol. The lowest BCUT2D eigenvalue weighted by Crippen LogP contribution is -2.42.